The van der Waals surface area contributed by atoms with E-state index in [-0.39, 0.29) is 11.2 Å². The van der Waals surface area contributed by atoms with Gasteiger partial charge in [0.1, 0.15) is 5.60 Å². The molecule has 3 rings (SSSR count). The van der Waals surface area contributed by atoms with E-state index in [2.05, 4.69) is 0 Å². The number of fused-ring (bicyclic) bond motifs is 1. The minimum absolute atomic E-state index is 0.179. The molecular weight excluding hydrogens is 380 g/mol. The number of rotatable bonds is 6. The molecule has 3 nitrogen and oxygen atoms in total. The molecule has 0 fully saturated rings. The molecule has 0 aliphatic carbocycles. The summed E-state index contributed by atoms with van der Waals surface area (Å²) in [4.78, 5) is 14.2. The molecule has 29 heavy (non-hydrogen) atoms. The van der Waals surface area contributed by atoms with E-state index < -0.39 is 17.6 Å². The van der Waals surface area contributed by atoms with E-state index in [0.29, 0.717) is 0 Å². The maximum atomic E-state index is 13.1. The Kier molecular flexibility index (Phi) is 6.66. The van der Waals surface area contributed by atoms with Gasteiger partial charge in [-0.3, -0.25) is 4.79 Å². The molecule has 3 aromatic rings. The third-order valence-corrected chi connectivity index (χ3v) is 5.94. The Morgan fingerprint density at radius 2 is 1.55 bits per heavy atom. The van der Waals surface area contributed by atoms with E-state index in [1.54, 1.807) is 11.8 Å². The van der Waals surface area contributed by atoms with Crippen LogP contribution >= 0.6 is 11.8 Å². The zero-order valence-electron chi connectivity index (χ0n) is 17.3. The average Bonchev–Trinajstić information content (AvgIpc) is 2.67. The standard InChI is InChI=1S/C25H28O3S/c1-17(29-19-13-6-5-7-14-19)22(24(27)28-25(2,3)4)23(26)21-16-10-12-18-11-8-9-15-20(18)21/h5-17,22-23,26H,1-4H3/t17-,22+,23-/m0/s1. The molecule has 0 saturated heterocycles. The molecule has 0 radical (unpaired) electrons. The molecule has 1 N–H and O–H groups in total. The van der Waals surface area contributed by atoms with Crippen LogP contribution in [0.4, 0.5) is 0 Å². The van der Waals surface area contributed by atoms with Crippen molar-refractivity contribution in [3.05, 3.63) is 78.4 Å². The van der Waals surface area contributed by atoms with E-state index in [1.165, 1.54) is 0 Å². The van der Waals surface area contributed by atoms with Gasteiger partial charge in [-0.25, -0.2) is 0 Å². The van der Waals surface area contributed by atoms with Gasteiger partial charge in [0.05, 0.1) is 12.0 Å². The lowest BCUT2D eigenvalue weighted by Gasteiger charge is -2.30. The van der Waals surface area contributed by atoms with Crippen LogP contribution in [0.3, 0.4) is 0 Å². The van der Waals surface area contributed by atoms with Gasteiger partial charge < -0.3 is 9.84 Å². The predicted octanol–water partition coefficient (Wildman–Crippen LogP) is 6.01. The smallest absolute Gasteiger partial charge is 0.313 e. The topological polar surface area (TPSA) is 46.5 Å². The van der Waals surface area contributed by atoms with Crippen molar-refractivity contribution in [1.82, 2.24) is 0 Å². The Morgan fingerprint density at radius 3 is 2.24 bits per heavy atom. The van der Waals surface area contributed by atoms with E-state index in [0.717, 1.165) is 21.2 Å². The molecule has 152 valence electrons. The molecule has 0 aromatic heterocycles. The maximum absolute atomic E-state index is 13.1. The first-order chi connectivity index (χ1) is 13.8. The SMILES string of the molecule is C[C@H](Sc1ccccc1)[C@@H](C(=O)OC(C)(C)C)[C@@H](O)c1cccc2ccccc12. The fourth-order valence-electron chi connectivity index (χ4n) is 3.44. The Morgan fingerprint density at radius 1 is 0.931 bits per heavy atom. The quantitative estimate of drug-likeness (QED) is 0.401. The monoisotopic (exact) mass is 408 g/mol. The molecule has 3 atom stereocenters. The highest BCUT2D eigenvalue weighted by Gasteiger charge is 2.37. The molecule has 0 heterocycles. The predicted molar refractivity (Wildman–Crippen MR) is 120 cm³/mol. The van der Waals surface area contributed by atoms with E-state index in [1.807, 2.05) is 100 Å². The van der Waals surface area contributed by atoms with Crippen LogP contribution in [0.5, 0.6) is 0 Å². The third-order valence-electron chi connectivity index (χ3n) is 4.73. The van der Waals surface area contributed by atoms with E-state index >= 15 is 0 Å². The Labute approximate surface area is 177 Å². The number of aliphatic hydroxyl groups excluding tert-OH is 1. The van der Waals surface area contributed by atoms with Crippen molar-refractivity contribution in [2.75, 3.05) is 0 Å². The third kappa shape index (κ3) is 5.40. The van der Waals surface area contributed by atoms with E-state index in [4.69, 9.17) is 4.74 Å². The van der Waals surface area contributed by atoms with Crippen LogP contribution in [0.15, 0.2) is 77.7 Å². The number of benzene rings is 3. The van der Waals surface area contributed by atoms with Gasteiger partial charge in [-0.1, -0.05) is 67.6 Å². The summed E-state index contributed by atoms with van der Waals surface area (Å²) >= 11 is 1.57. The van der Waals surface area contributed by atoms with Crippen LogP contribution in [-0.4, -0.2) is 21.9 Å². The summed E-state index contributed by atoms with van der Waals surface area (Å²) < 4.78 is 5.70. The first kappa shape index (κ1) is 21.4. The van der Waals surface area contributed by atoms with Gasteiger partial charge in [-0.15, -0.1) is 11.8 Å². The molecule has 3 aromatic carbocycles. The summed E-state index contributed by atoms with van der Waals surface area (Å²) in [5.41, 5.74) is 0.129. The van der Waals surface area contributed by atoms with E-state index in [9.17, 15) is 9.90 Å². The fraction of sp³-hybridized carbons (Fsp3) is 0.320. The molecule has 0 unspecified atom stereocenters. The van der Waals surface area contributed by atoms with Gasteiger partial charge in [-0.2, -0.15) is 0 Å². The van der Waals surface area contributed by atoms with Crippen molar-refractivity contribution in [2.45, 2.75) is 49.5 Å². The van der Waals surface area contributed by atoms with Crippen molar-refractivity contribution in [3.8, 4) is 0 Å². The van der Waals surface area contributed by atoms with Crippen molar-refractivity contribution in [1.29, 1.82) is 0 Å². The second kappa shape index (κ2) is 9.02. The summed E-state index contributed by atoms with van der Waals surface area (Å²) in [5, 5.41) is 13.2. The minimum Gasteiger partial charge on any atom is -0.460 e. The molecule has 0 aliphatic rings. The minimum atomic E-state index is -0.970. The average molecular weight is 409 g/mol. The van der Waals surface area contributed by atoms with Gasteiger partial charge in [0.25, 0.3) is 0 Å². The second-order valence-electron chi connectivity index (χ2n) is 8.21. The van der Waals surface area contributed by atoms with Crippen LogP contribution < -0.4 is 0 Å². The number of carbonyl (C=O) groups excluding carboxylic acids is 1. The van der Waals surface area contributed by atoms with Crippen LogP contribution in [0.25, 0.3) is 10.8 Å². The zero-order chi connectivity index (χ0) is 21.0. The largest absolute Gasteiger partial charge is 0.460 e. The number of hydrogen-bond acceptors (Lipinski definition) is 4. The summed E-state index contributed by atoms with van der Waals surface area (Å²) in [6.45, 7) is 7.52. The Bertz CT molecular complexity index is 957. The summed E-state index contributed by atoms with van der Waals surface area (Å²) in [6.07, 6.45) is -0.970. The van der Waals surface area contributed by atoms with Crippen LogP contribution in [0.2, 0.25) is 0 Å². The lowest BCUT2D eigenvalue weighted by atomic mass is 9.89. The normalized spacial score (nSPS) is 14.9. The molecule has 4 heteroatoms. The fourth-order valence-corrected chi connectivity index (χ4v) is 4.59. The number of aliphatic hydroxyl groups is 1. The Hall–Kier alpha value is -2.30. The highest BCUT2D eigenvalue weighted by Crippen LogP contribution is 2.38. The summed E-state index contributed by atoms with van der Waals surface area (Å²) in [6, 6.07) is 23.7. The van der Waals surface area contributed by atoms with Gasteiger partial charge in [-0.05, 0) is 49.2 Å². The molecule has 0 saturated carbocycles. The van der Waals surface area contributed by atoms with Crippen molar-refractivity contribution in [3.63, 3.8) is 0 Å². The lowest BCUT2D eigenvalue weighted by Crippen LogP contribution is -2.36. The molecule has 0 amide bonds. The maximum Gasteiger partial charge on any atom is 0.313 e. The molecule has 0 bridgehead atoms. The number of esters is 1. The highest BCUT2D eigenvalue weighted by atomic mass is 32.2. The summed E-state index contributed by atoms with van der Waals surface area (Å²) in [7, 11) is 0. The number of thioether (sulfide) groups is 1. The second-order valence-corrected chi connectivity index (χ2v) is 9.66. The van der Waals surface area contributed by atoms with Gasteiger partial charge in [0, 0.05) is 10.1 Å². The first-order valence-corrected chi connectivity index (χ1v) is 10.7. The zero-order valence-corrected chi connectivity index (χ0v) is 18.1. The number of hydrogen-bond donors (Lipinski definition) is 1. The van der Waals surface area contributed by atoms with Crippen LogP contribution in [0.1, 0.15) is 39.4 Å². The first-order valence-electron chi connectivity index (χ1n) is 9.86. The lowest BCUT2D eigenvalue weighted by molar-refractivity contribution is -0.164. The van der Waals surface area contributed by atoms with Gasteiger partial charge in [0.2, 0.25) is 0 Å². The molecule has 0 spiro atoms. The summed E-state index contributed by atoms with van der Waals surface area (Å²) in [5.74, 6) is -1.08. The molecular formula is C25H28O3S. The van der Waals surface area contributed by atoms with Crippen molar-refractivity contribution in [2.24, 2.45) is 5.92 Å². The van der Waals surface area contributed by atoms with Gasteiger partial charge in [0.15, 0.2) is 0 Å². The molecule has 0 aliphatic heterocycles. The number of carbonyl (C=O) groups is 1. The van der Waals surface area contributed by atoms with Crippen LogP contribution in [0, 0.1) is 5.92 Å². The van der Waals surface area contributed by atoms with Crippen LogP contribution in [-0.2, 0) is 9.53 Å². The van der Waals surface area contributed by atoms with Crippen molar-refractivity contribution >= 4 is 28.5 Å². The van der Waals surface area contributed by atoms with Gasteiger partial charge >= 0.3 is 5.97 Å². The highest BCUT2D eigenvalue weighted by molar-refractivity contribution is 8.00. The Balaban J connectivity index is 1.98. The van der Waals surface area contributed by atoms with Crippen molar-refractivity contribution < 1.29 is 14.6 Å². The number of ether oxygens (including phenoxy) is 1.